The van der Waals surface area contributed by atoms with Gasteiger partial charge in [0.25, 0.3) is 0 Å². The average Bonchev–Trinajstić information content (AvgIpc) is 2.60. The number of hydrogen-bond donors (Lipinski definition) is 2. The molecule has 1 aromatic heterocycles. The van der Waals surface area contributed by atoms with Gasteiger partial charge in [-0.3, -0.25) is 0 Å². The Labute approximate surface area is 140 Å². The SMILES string of the molecule is COc1ccc(N(C)c2nc(N)nc3cccc(CCO)c23)cc1. The third kappa shape index (κ3) is 2.96. The molecule has 2 aromatic carbocycles. The largest absolute Gasteiger partial charge is 0.497 e. The van der Waals surface area contributed by atoms with Crippen molar-refractivity contribution in [1.29, 1.82) is 0 Å². The number of hydrogen-bond acceptors (Lipinski definition) is 6. The van der Waals surface area contributed by atoms with E-state index in [4.69, 9.17) is 10.5 Å². The molecule has 3 rings (SSSR count). The van der Waals surface area contributed by atoms with E-state index in [1.54, 1.807) is 7.11 Å². The number of nitrogens with zero attached hydrogens (tertiary/aromatic N) is 3. The van der Waals surface area contributed by atoms with E-state index in [0.717, 1.165) is 27.9 Å². The summed E-state index contributed by atoms with van der Waals surface area (Å²) in [6.07, 6.45) is 0.536. The molecular formula is C18H20N4O2. The van der Waals surface area contributed by atoms with Gasteiger partial charge in [0.05, 0.1) is 12.6 Å². The molecule has 0 aliphatic carbocycles. The van der Waals surface area contributed by atoms with Crippen LogP contribution in [0.3, 0.4) is 0 Å². The summed E-state index contributed by atoms with van der Waals surface area (Å²) >= 11 is 0. The van der Waals surface area contributed by atoms with Gasteiger partial charge in [-0.15, -0.1) is 0 Å². The Morgan fingerprint density at radius 2 is 1.88 bits per heavy atom. The molecule has 6 nitrogen and oxygen atoms in total. The lowest BCUT2D eigenvalue weighted by Crippen LogP contribution is -2.14. The Bertz CT molecular complexity index is 850. The number of methoxy groups -OCH3 is 1. The second-order valence-corrected chi connectivity index (χ2v) is 5.45. The number of benzene rings is 2. The number of nitrogen functional groups attached to an aromatic ring is 1. The summed E-state index contributed by atoms with van der Waals surface area (Å²) < 4.78 is 5.20. The lowest BCUT2D eigenvalue weighted by molar-refractivity contribution is 0.300. The van der Waals surface area contributed by atoms with Gasteiger partial charge in [0.1, 0.15) is 11.6 Å². The summed E-state index contributed by atoms with van der Waals surface area (Å²) in [5.41, 5.74) is 8.60. The molecule has 3 N–H and O–H groups in total. The summed E-state index contributed by atoms with van der Waals surface area (Å²) in [6.45, 7) is 0.0647. The lowest BCUT2D eigenvalue weighted by atomic mass is 10.1. The fourth-order valence-electron chi connectivity index (χ4n) is 2.75. The third-order valence-corrected chi connectivity index (χ3v) is 3.97. The maximum atomic E-state index is 9.34. The van der Waals surface area contributed by atoms with E-state index in [0.29, 0.717) is 12.2 Å². The van der Waals surface area contributed by atoms with E-state index in [1.807, 2.05) is 54.4 Å². The number of aliphatic hydroxyl groups is 1. The second-order valence-electron chi connectivity index (χ2n) is 5.45. The van der Waals surface area contributed by atoms with Crippen LogP contribution in [-0.2, 0) is 6.42 Å². The first kappa shape index (κ1) is 16.0. The molecule has 124 valence electrons. The van der Waals surface area contributed by atoms with Crippen molar-refractivity contribution in [3.05, 3.63) is 48.0 Å². The van der Waals surface area contributed by atoms with Gasteiger partial charge in [-0.05, 0) is 42.3 Å². The summed E-state index contributed by atoms with van der Waals surface area (Å²) in [6, 6.07) is 13.5. The standard InChI is InChI=1S/C18H20N4O2/c1-22(13-6-8-14(24-2)9-7-13)17-16-12(10-11-23)4-3-5-15(16)20-18(19)21-17/h3-9,23H,10-11H2,1-2H3,(H2,19,20,21). The van der Waals surface area contributed by atoms with Crippen LogP contribution in [0.15, 0.2) is 42.5 Å². The molecule has 0 spiro atoms. The van der Waals surface area contributed by atoms with Gasteiger partial charge in [-0.2, -0.15) is 4.98 Å². The van der Waals surface area contributed by atoms with Crippen molar-refractivity contribution in [2.45, 2.75) is 6.42 Å². The Morgan fingerprint density at radius 1 is 1.12 bits per heavy atom. The molecule has 0 saturated heterocycles. The zero-order valence-electron chi connectivity index (χ0n) is 13.7. The molecule has 0 radical (unpaired) electrons. The number of nitrogens with two attached hydrogens (primary N) is 1. The van der Waals surface area contributed by atoms with Gasteiger partial charge >= 0.3 is 0 Å². The van der Waals surface area contributed by atoms with Gasteiger partial charge in [-0.1, -0.05) is 12.1 Å². The van der Waals surface area contributed by atoms with Crippen molar-refractivity contribution >= 4 is 28.4 Å². The molecule has 24 heavy (non-hydrogen) atoms. The van der Waals surface area contributed by atoms with Crippen LogP contribution in [0.2, 0.25) is 0 Å². The molecule has 0 atom stereocenters. The van der Waals surface area contributed by atoms with Crippen molar-refractivity contribution in [2.24, 2.45) is 0 Å². The van der Waals surface area contributed by atoms with E-state index in [2.05, 4.69) is 9.97 Å². The topological polar surface area (TPSA) is 84.5 Å². The summed E-state index contributed by atoms with van der Waals surface area (Å²) in [5.74, 6) is 1.73. The third-order valence-electron chi connectivity index (χ3n) is 3.97. The van der Waals surface area contributed by atoms with Crippen LogP contribution in [0.4, 0.5) is 17.5 Å². The van der Waals surface area contributed by atoms with E-state index in [1.165, 1.54) is 0 Å². The number of aliphatic hydroxyl groups excluding tert-OH is 1. The van der Waals surface area contributed by atoms with Gasteiger partial charge in [-0.25, -0.2) is 4.98 Å². The fourth-order valence-corrected chi connectivity index (χ4v) is 2.75. The van der Waals surface area contributed by atoms with E-state index in [-0.39, 0.29) is 12.6 Å². The maximum absolute atomic E-state index is 9.34. The Morgan fingerprint density at radius 3 is 2.54 bits per heavy atom. The van der Waals surface area contributed by atoms with Crippen molar-refractivity contribution in [3.8, 4) is 5.75 Å². The lowest BCUT2D eigenvalue weighted by Gasteiger charge is -2.21. The zero-order valence-corrected chi connectivity index (χ0v) is 13.7. The van der Waals surface area contributed by atoms with Crippen molar-refractivity contribution in [3.63, 3.8) is 0 Å². The number of anilines is 3. The first-order chi connectivity index (χ1) is 11.6. The Hall–Kier alpha value is -2.86. The minimum Gasteiger partial charge on any atom is -0.497 e. The van der Waals surface area contributed by atoms with Crippen molar-refractivity contribution < 1.29 is 9.84 Å². The zero-order chi connectivity index (χ0) is 17.1. The van der Waals surface area contributed by atoms with Gasteiger partial charge < -0.3 is 20.5 Å². The monoisotopic (exact) mass is 324 g/mol. The molecule has 6 heteroatoms. The van der Waals surface area contributed by atoms with Crippen LogP contribution >= 0.6 is 0 Å². The highest BCUT2D eigenvalue weighted by Crippen LogP contribution is 2.32. The van der Waals surface area contributed by atoms with E-state index < -0.39 is 0 Å². The summed E-state index contributed by atoms with van der Waals surface area (Å²) in [7, 11) is 3.57. The molecule has 0 bridgehead atoms. The predicted octanol–water partition coefficient (Wildman–Crippen LogP) is 2.52. The highest BCUT2D eigenvalue weighted by atomic mass is 16.5. The number of rotatable bonds is 5. The molecule has 0 amide bonds. The first-order valence-electron chi connectivity index (χ1n) is 7.68. The molecule has 3 aromatic rings. The summed E-state index contributed by atoms with van der Waals surface area (Å²) in [4.78, 5) is 10.7. The van der Waals surface area contributed by atoms with Crippen molar-refractivity contribution in [1.82, 2.24) is 9.97 Å². The molecule has 0 aliphatic heterocycles. The number of ether oxygens (including phenoxy) is 1. The maximum Gasteiger partial charge on any atom is 0.222 e. The second kappa shape index (κ2) is 6.72. The highest BCUT2D eigenvalue weighted by Gasteiger charge is 2.15. The van der Waals surface area contributed by atoms with E-state index >= 15 is 0 Å². The molecule has 1 heterocycles. The Kier molecular flexibility index (Phi) is 4.48. The summed E-state index contributed by atoms with van der Waals surface area (Å²) in [5, 5.41) is 10.2. The number of fused-ring (bicyclic) bond motifs is 1. The van der Waals surface area contributed by atoms with Crippen LogP contribution < -0.4 is 15.4 Å². The molecule has 0 aliphatic rings. The minimum absolute atomic E-state index is 0.0647. The normalized spacial score (nSPS) is 10.8. The smallest absolute Gasteiger partial charge is 0.222 e. The van der Waals surface area contributed by atoms with Crippen LogP contribution in [0.5, 0.6) is 5.75 Å². The van der Waals surface area contributed by atoms with Crippen LogP contribution in [0.1, 0.15) is 5.56 Å². The highest BCUT2D eigenvalue weighted by molar-refractivity contribution is 5.95. The quantitative estimate of drug-likeness (QED) is 0.750. The first-order valence-corrected chi connectivity index (χ1v) is 7.68. The van der Waals surface area contributed by atoms with Crippen LogP contribution in [0.25, 0.3) is 10.9 Å². The van der Waals surface area contributed by atoms with Gasteiger partial charge in [0.15, 0.2) is 0 Å². The van der Waals surface area contributed by atoms with E-state index in [9.17, 15) is 5.11 Å². The van der Waals surface area contributed by atoms with Crippen LogP contribution in [0, 0.1) is 0 Å². The molecule has 0 fully saturated rings. The molecule has 0 unspecified atom stereocenters. The van der Waals surface area contributed by atoms with Crippen molar-refractivity contribution in [2.75, 3.05) is 31.4 Å². The molecular weight excluding hydrogens is 304 g/mol. The van der Waals surface area contributed by atoms with Crippen LogP contribution in [-0.4, -0.2) is 35.8 Å². The predicted molar refractivity (Wildman–Crippen MR) is 95.8 cm³/mol. The minimum atomic E-state index is 0.0647. The number of aromatic nitrogens is 2. The van der Waals surface area contributed by atoms with Gasteiger partial charge in [0.2, 0.25) is 5.95 Å². The average molecular weight is 324 g/mol. The fraction of sp³-hybridized carbons (Fsp3) is 0.222. The Balaban J connectivity index is 2.15. The van der Waals surface area contributed by atoms with Gasteiger partial charge in [0, 0.05) is 24.7 Å². The molecule has 0 saturated carbocycles.